The summed E-state index contributed by atoms with van der Waals surface area (Å²) in [5.41, 5.74) is -1.14. The number of halogens is 4. The van der Waals surface area contributed by atoms with Gasteiger partial charge in [-0.05, 0) is 34.1 Å². The number of pyridine rings is 1. The van der Waals surface area contributed by atoms with E-state index >= 15 is 0 Å². The van der Waals surface area contributed by atoms with Crippen molar-refractivity contribution >= 4 is 27.6 Å². The number of urea groups is 1. The molecular formula is C17H15BrF3N3O2. The molecule has 0 spiro atoms. The van der Waals surface area contributed by atoms with E-state index in [1.54, 1.807) is 18.3 Å². The van der Waals surface area contributed by atoms with Crippen molar-refractivity contribution in [2.45, 2.75) is 18.7 Å². The van der Waals surface area contributed by atoms with Gasteiger partial charge in [-0.15, -0.1) is 0 Å². The number of hydrogen-bond donors (Lipinski definition) is 1. The van der Waals surface area contributed by atoms with E-state index in [9.17, 15) is 18.0 Å². The number of rotatable bonds is 3. The molecule has 2 aromatic rings. The lowest BCUT2D eigenvalue weighted by Gasteiger charge is -2.19. The van der Waals surface area contributed by atoms with Crippen LogP contribution in [0.1, 0.15) is 12.0 Å². The molecule has 1 atom stereocenters. The normalized spacial score (nSPS) is 17.2. The number of hydrogen-bond acceptors (Lipinski definition) is 3. The van der Waals surface area contributed by atoms with Crippen molar-refractivity contribution in [1.82, 2.24) is 9.88 Å². The summed E-state index contributed by atoms with van der Waals surface area (Å²) in [5, 5.41) is 2.34. The second-order valence-electron chi connectivity index (χ2n) is 5.76. The van der Waals surface area contributed by atoms with Crippen LogP contribution in [0.4, 0.5) is 23.7 Å². The van der Waals surface area contributed by atoms with E-state index in [-0.39, 0.29) is 18.3 Å². The third-order valence-corrected chi connectivity index (χ3v) is 4.36. The molecule has 5 nitrogen and oxygen atoms in total. The monoisotopic (exact) mass is 429 g/mol. The fourth-order valence-electron chi connectivity index (χ4n) is 2.65. The van der Waals surface area contributed by atoms with Gasteiger partial charge in [-0.2, -0.15) is 13.2 Å². The van der Waals surface area contributed by atoms with Crippen molar-refractivity contribution < 1.29 is 22.7 Å². The van der Waals surface area contributed by atoms with E-state index in [0.717, 1.165) is 10.5 Å². The topological polar surface area (TPSA) is 54.5 Å². The van der Waals surface area contributed by atoms with Gasteiger partial charge in [0, 0.05) is 29.7 Å². The Bertz CT molecular complexity index is 784. The third-order valence-electron chi connectivity index (χ3n) is 3.89. The molecule has 1 N–H and O–H groups in total. The Kier molecular flexibility index (Phi) is 5.36. The molecule has 1 aliphatic heterocycles. The average molecular weight is 430 g/mol. The van der Waals surface area contributed by atoms with Crippen molar-refractivity contribution in [3.8, 4) is 5.88 Å². The maximum atomic E-state index is 13.0. The maximum Gasteiger partial charge on any atom is 0.418 e. The average Bonchev–Trinajstić information content (AvgIpc) is 3.05. The Morgan fingerprint density at radius 1 is 1.27 bits per heavy atom. The highest BCUT2D eigenvalue weighted by molar-refractivity contribution is 9.10. The van der Waals surface area contributed by atoms with Gasteiger partial charge in [-0.3, -0.25) is 0 Å². The van der Waals surface area contributed by atoms with Gasteiger partial charge in [-0.1, -0.05) is 12.1 Å². The highest BCUT2D eigenvalue weighted by atomic mass is 79.9. The number of nitrogens with zero attached hydrogens (tertiary/aromatic N) is 2. The number of para-hydroxylation sites is 1. The van der Waals surface area contributed by atoms with Gasteiger partial charge in [0.2, 0.25) is 5.88 Å². The van der Waals surface area contributed by atoms with Crippen LogP contribution in [0.5, 0.6) is 5.88 Å². The highest BCUT2D eigenvalue weighted by Crippen LogP contribution is 2.34. The SMILES string of the molecule is O=C(Nc1ccccc1C(F)(F)F)N1CCC(Oc2ccc(Br)cn2)C1. The largest absolute Gasteiger partial charge is 0.472 e. The van der Waals surface area contributed by atoms with Crippen molar-refractivity contribution in [2.24, 2.45) is 0 Å². The lowest BCUT2D eigenvalue weighted by Crippen LogP contribution is -2.35. The predicted octanol–water partition coefficient (Wildman–Crippen LogP) is 4.55. The van der Waals surface area contributed by atoms with Gasteiger partial charge in [-0.25, -0.2) is 9.78 Å². The van der Waals surface area contributed by atoms with Gasteiger partial charge in [0.15, 0.2) is 0 Å². The number of aromatic nitrogens is 1. The van der Waals surface area contributed by atoms with Crippen LogP contribution in [0.3, 0.4) is 0 Å². The zero-order valence-corrected chi connectivity index (χ0v) is 15.0. The number of alkyl halides is 3. The standard InChI is InChI=1S/C17H15BrF3N3O2/c18-11-5-6-15(22-9-11)26-12-7-8-24(10-12)16(25)23-14-4-2-1-3-13(14)17(19,20)21/h1-6,9,12H,7-8,10H2,(H,23,25). The van der Waals surface area contributed by atoms with E-state index in [1.807, 2.05) is 0 Å². The first-order valence-corrected chi connectivity index (χ1v) is 8.62. The van der Waals surface area contributed by atoms with Crippen LogP contribution < -0.4 is 10.1 Å². The lowest BCUT2D eigenvalue weighted by molar-refractivity contribution is -0.136. The minimum Gasteiger partial charge on any atom is -0.472 e. The molecule has 1 saturated heterocycles. The van der Waals surface area contributed by atoms with E-state index in [1.165, 1.54) is 23.1 Å². The van der Waals surface area contributed by atoms with Crippen LogP contribution in [0, 0.1) is 0 Å². The molecule has 0 radical (unpaired) electrons. The molecule has 1 unspecified atom stereocenters. The molecule has 0 bridgehead atoms. The number of amides is 2. The Hall–Kier alpha value is -2.29. The first-order valence-electron chi connectivity index (χ1n) is 7.83. The van der Waals surface area contributed by atoms with Gasteiger partial charge in [0.25, 0.3) is 0 Å². The summed E-state index contributed by atoms with van der Waals surface area (Å²) in [5.74, 6) is 0.433. The number of benzene rings is 1. The van der Waals surface area contributed by atoms with Gasteiger partial charge in [0.05, 0.1) is 17.8 Å². The first kappa shape index (κ1) is 18.5. The molecule has 138 valence electrons. The smallest absolute Gasteiger partial charge is 0.418 e. The molecule has 1 aliphatic rings. The molecule has 1 aromatic heterocycles. The molecule has 2 amide bonds. The summed E-state index contributed by atoms with van der Waals surface area (Å²) >= 11 is 3.28. The van der Waals surface area contributed by atoms with E-state index in [2.05, 4.69) is 26.2 Å². The quantitative estimate of drug-likeness (QED) is 0.778. The zero-order valence-electron chi connectivity index (χ0n) is 13.5. The van der Waals surface area contributed by atoms with Crippen LogP contribution in [0.25, 0.3) is 0 Å². The van der Waals surface area contributed by atoms with E-state index in [4.69, 9.17) is 4.74 Å². The van der Waals surface area contributed by atoms with Crippen LogP contribution in [-0.2, 0) is 6.18 Å². The summed E-state index contributed by atoms with van der Waals surface area (Å²) in [7, 11) is 0. The Morgan fingerprint density at radius 3 is 2.73 bits per heavy atom. The molecule has 0 aliphatic carbocycles. The van der Waals surface area contributed by atoms with Crippen LogP contribution in [-0.4, -0.2) is 35.1 Å². The summed E-state index contributed by atoms with van der Waals surface area (Å²) < 4.78 is 45.6. The molecular weight excluding hydrogens is 415 g/mol. The first-order chi connectivity index (χ1) is 12.3. The lowest BCUT2D eigenvalue weighted by atomic mass is 10.1. The summed E-state index contributed by atoms with van der Waals surface area (Å²) in [6.07, 6.45) is -2.62. The Balaban J connectivity index is 1.61. The van der Waals surface area contributed by atoms with Crippen molar-refractivity contribution in [2.75, 3.05) is 18.4 Å². The zero-order chi connectivity index (χ0) is 18.7. The second-order valence-corrected chi connectivity index (χ2v) is 6.68. The Morgan fingerprint density at radius 2 is 2.04 bits per heavy atom. The van der Waals surface area contributed by atoms with Crippen molar-refractivity contribution in [3.05, 3.63) is 52.6 Å². The second kappa shape index (κ2) is 7.53. The van der Waals surface area contributed by atoms with E-state index in [0.29, 0.717) is 18.8 Å². The molecule has 1 aromatic carbocycles. The van der Waals surface area contributed by atoms with Gasteiger partial charge in [0.1, 0.15) is 6.10 Å². The maximum absolute atomic E-state index is 13.0. The van der Waals surface area contributed by atoms with E-state index < -0.39 is 17.8 Å². The number of carbonyl (C=O) groups is 1. The molecule has 26 heavy (non-hydrogen) atoms. The predicted molar refractivity (Wildman–Crippen MR) is 93.0 cm³/mol. The third kappa shape index (κ3) is 4.46. The number of carbonyl (C=O) groups excluding carboxylic acids is 1. The molecule has 0 saturated carbocycles. The molecule has 9 heteroatoms. The van der Waals surface area contributed by atoms with Crippen molar-refractivity contribution in [1.29, 1.82) is 0 Å². The fraction of sp³-hybridized carbons (Fsp3) is 0.294. The number of ether oxygens (including phenoxy) is 1. The fourth-order valence-corrected chi connectivity index (χ4v) is 2.88. The number of anilines is 1. The Labute approximate surface area is 156 Å². The highest BCUT2D eigenvalue weighted by Gasteiger charge is 2.34. The number of likely N-dealkylation sites (tertiary alicyclic amines) is 1. The van der Waals surface area contributed by atoms with Crippen molar-refractivity contribution in [3.63, 3.8) is 0 Å². The summed E-state index contributed by atoms with van der Waals surface area (Å²) in [4.78, 5) is 17.8. The minimum atomic E-state index is -4.53. The van der Waals surface area contributed by atoms with Crippen LogP contribution in [0.2, 0.25) is 0 Å². The molecule has 1 fully saturated rings. The minimum absolute atomic E-state index is 0.257. The molecule has 3 rings (SSSR count). The van der Waals surface area contributed by atoms with Gasteiger partial charge < -0.3 is 15.0 Å². The number of nitrogens with one attached hydrogen (secondary N) is 1. The summed E-state index contributed by atoms with van der Waals surface area (Å²) in [6.45, 7) is 0.666. The van der Waals surface area contributed by atoms with Crippen LogP contribution >= 0.6 is 15.9 Å². The van der Waals surface area contributed by atoms with Gasteiger partial charge >= 0.3 is 12.2 Å². The summed E-state index contributed by atoms with van der Waals surface area (Å²) in [6, 6.07) is 7.80. The molecule has 2 heterocycles. The van der Waals surface area contributed by atoms with Crippen LogP contribution in [0.15, 0.2) is 47.1 Å².